The first-order chi connectivity index (χ1) is 19.6. The van der Waals surface area contributed by atoms with Gasteiger partial charge in [-0.15, -0.1) is 0 Å². The number of rotatable bonds is 1. The van der Waals surface area contributed by atoms with E-state index < -0.39 is 5.41 Å². The Hall–Kier alpha value is -4.59. The minimum absolute atomic E-state index is 0.496. The Labute approximate surface area is 237 Å². The first kappa shape index (κ1) is 22.2. The molecule has 7 aromatic rings. The summed E-state index contributed by atoms with van der Waals surface area (Å²) < 4.78 is 6.64. The van der Waals surface area contributed by atoms with E-state index in [9.17, 15) is 0 Å². The highest BCUT2D eigenvalue weighted by Gasteiger charge is 2.52. The second-order valence-corrected chi connectivity index (χ2v) is 11.5. The van der Waals surface area contributed by atoms with Crippen LogP contribution in [0.3, 0.4) is 0 Å². The summed E-state index contributed by atoms with van der Waals surface area (Å²) in [5.41, 5.74) is 15.0. The third-order valence-corrected chi connectivity index (χ3v) is 9.24. The summed E-state index contributed by atoms with van der Waals surface area (Å²) >= 11 is 6.80. The number of benzene rings is 6. The second-order valence-electron chi connectivity index (χ2n) is 11.1. The molecular weight excluding hydrogens is 508 g/mol. The van der Waals surface area contributed by atoms with Crippen molar-refractivity contribution in [3.8, 4) is 33.4 Å². The molecule has 2 aliphatic rings. The van der Waals surface area contributed by atoms with Gasteiger partial charge >= 0.3 is 0 Å². The molecule has 1 spiro atoms. The van der Waals surface area contributed by atoms with Crippen LogP contribution in [0, 0.1) is 6.92 Å². The van der Waals surface area contributed by atoms with Crippen LogP contribution in [0.5, 0.6) is 0 Å². The van der Waals surface area contributed by atoms with Crippen LogP contribution >= 0.6 is 11.6 Å². The van der Waals surface area contributed by atoms with Crippen LogP contribution in [0.15, 0.2) is 126 Å². The standard InChI is InChI=1S/C38H23ClO/c1-22-11-14-26-27-15-12-24(23-7-3-2-4-8-23)20-33(27)38(32(26)19-22)31-18-17-29-28-9-5-6-10-35(28)40-37(29)36(31)30-16-13-25(39)21-34(30)38/h2-21H,1H3. The van der Waals surface area contributed by atoms with E-state index >= 15 is 0 Å². The van der Waals surface area contributed by atoms with E-state index in [2.05, 4.69) is 116 Å². The van der Waals surface area contributed by atoms with Crippen molar-refractivity contribution >= 4 is 33.5 Å². The Balaban J connectivity index is 1.48. The molecule has 2 aliphatic carbocycles. The van der Waals surface area contributed by atoms with Crippen molar-refractivity contribution in [2.45, 2.75) is 12.3 Å². The Bertz CT molecular complexity index is 2190. The number of para-hydroxylation sites is 1. The summed E-state index contributed by atoms with van der Waals surface area (Å²) in [4.78, 5) is 0. The highest BCUT2D eigenvalue weighted by Crippen LogP contribution is 2.64. The summed E-state index contributed by atoms with van der Waals surface area (Å²) in [6, 6.07) is 43.8. The van der Waals surface area contributed by atoms with Gasteiger partial charge in [0.15, 0.2) is 0 Å². The molecule has 0 aliphatic heterocycles. The fourth-order valence-electron chi connectivity index (χ4n) is 7.39. The van der Waals surface area contributed by atoms with Gasteiger partial charge in [0, 0.05) is 21.4 Å². The van der Waals surface area contributed by atoms with Crippen molar-refractivity contribution in [1.29, 1.82) is 0 Å². The molecule has 0 amide bonds. The molecule has 9 rings (SSSR count). The van der Waals surface area contributed by atoms with Gasteiger partial charge < -0.3 is 4.42 Å². The molecule has 40 heavy (non-hydrogen) atoms. The molecular formula is C38H23ClO. The number of furan rings is 1. The minimum Gasteiger partial charge on any atom is -0.455 e. The van der Waals surface area contributed by atoms with E-state index in [1.165, 1.54) is 61.2 Å². The lowest BCUT2D eigenvalue weighted by atomic mass is 9.70. The van der Waals surface area contributed by atoms with Gasteiger partial charge in [-0.3, -0.25) is 0 Å². The van der Waals surface area contributed by atoms with E-state index in [1.807, 2.05) is 12.1 Å². The summed E-state index contributed by atoms with van der Waals surface area (Å²) in [6.07, 6.45) is 0. The van der Waals surface area contributed by atoms with Gasteiger partial charge in [-0.05, 0) is 81.3 Å². The predicted octanol–water partition coefficient (Wildman–Crippen LogP) is 10.6. The molecule has 6 aromatic carbocycles. The normalized spacial score (nSPS) is 16.4. The van der Waals surface area contributed by atoms with Crippen LogP contribution in [-0.4, -0.2) is 0 Å². The first-order valence-corrected chi connectivity index (χ1v) is 14.1. The van der Waals surface area contributed by atoms with Gasteiger partial charge in [-0.2, -0.15) is 0 Å². The summed E-state index contributed by atoms with van der Waals surface area (Å²) in [7, 11) is 0. The monoisotopic (exact) mass is 530 g/mol. The molecule has 0 saturated heterocycles. The SMILES string of the molecule is Cc1ccc2c(c1)C1(c3cc(-c4ccccc4)ccc3-2)c2cc(Cl)ccc2-c2c1ccc1c2oc2ccccc21. The highest BCUT2D eigenvalue weighted by molar-refractivity contribution is 6.31. The molecule has 1 heterocycles. The molecule has 1 nitrogen and oxygen atoms in total. The average molecular weight is 531 g/mol. The van der Waals surface area contributed by atoms with Crippen LogP contribution in [0.1, 0.15) is 27.8 Å². The van der Waals surface area contributed by atoms with Gasteiger partial charge in [-0.1, -0.05) is 114 Å². The molecule has 1 atom stereocenters. The van der Waals surface area contributed by atoms with Crippen LogP contribution in [0.25, 0.3) is 55.3 Å². The fourth-order valence-corrected chi connectivity index (χ4v) is 7.56. The first-order valence-electron chi connectivity index (χ1n) is 13.7. The zero-order chi connectivity index (χ0) is 26.6. The Morgan fingerprint density at radius 1 is 0.550 bits per heavy atom. The van der Waals surface area contributed by atoms with Gasteiger partial charge in [0.1, 0.15) is 11.2 Å². The zero-order valence-corrected chi connectivity index (χ0v) is 22.6. The maximum absolute atomic E-state index is 6.80. The molecule has 188 valence electrons. The van der Waals surface area contributed by atoms with Crippen molar-refractivity contribution in [3.05, 3.63) is 154 Å². The average Bonchev–Trinajstić information content (AvgIpc) is 3.60. The van der Waals surface area contributed by atoms with Crippen LogP contribution in [0.2, 0.25) is 5.02 Å². The summed E-state index contributed by atoms with van der Waals surface area (Å²) in [5.74, 6) is 0. The molecule has 0 bridgehead atoms. The lowest BCUT2D eigenvalue weighted by Crippen LogP contribution is -2.26. The Kier molecular flexibility index (Phi) is 4.31. The van der Waals surface area contributed by atoms with Crippen molar-refractivity contribution in [3.63, 3.8) is 0 Å². The summed E-state index contributed by atoms with van der Waals surface area (Å²) in [5, 5.41) is 3.04. The fraction of sp³-hybridized carbons (Fsp3) is 0.0526. The lowest BCUT2D eigenvalue weighted by molar-refractivity contribution is 0.669. The van der Waals surface area contributed by atoms with Crippen molar-refractivity contribution in [1.82, 2.24) is 0 Å². The minimum atomic E-state index is -0.496. The van der Waals surface area contributed by atoms with Crippen molar-refractivity contribution in [2.24, 2.45) is 0 Å². The second kappa shape index (κ2) is 7.75. The number of hydrogen-bond donors (Lipinski definition) is 0. The molecule has 0 fully saturated rings. The van der Waals surface area contributed by atoms with Crippen LogP contribution in [0.4, 0.5) is 0 Å². The third-order valence-electron chi connectivity index (χ3n) is 9.01. The van der Waals surface area contributed by atoms with Crippen molar-refractivity contribution in [2.75, 3.05) is 0 Å². The van der Waals surface area contributed by atoms with Gasteiger partial charge in [-0.25, -0.2) is 0 Å². The number of aryl methyl sites for hydroxylation is 1. The van der Waals surface area contributed by atoms with E-state index in [0.717, 1.165) is 27.0 Å². The number of halogens is 1. The molecule has 0 radical (unpaired) electrons. The molecule has 1 aromatic heterocycles. The van der Waals surface area contributed by atoms with Gasteiger partial charge in [0.05, 0.1) is 5.41 Å². The van der Waals surface area contributed by atoms with Crippen molar-refractivity contribution < 1.29 is 4.42 Å². The number of hydrogen-bond acceptors (Lipinski definition) is 1. The molecule has 0 N–H and O–H groups in total. The summed E-state index contributed by atoms with van der Waals surface area (Å²) in [6.45, 7) is 2.18. The van der Waals surface area contributed by atoms with Gasteiger partial charge in [0.25, 0.3) is 0 Å². The Morgan fingerprint density at radius 2 is 1.27 bits per heavy atom. The van der Waals surface area contributed by atoms with E-state index in [4.69, 9.17) is 16.0 Å². The quantitative estimate of drug-likeness (QED) is 0.206. The number of fused-ring (bicyclic) bond motifs is 14. The van der Waals surface area contributed by atoms with Gasteiger partial charge in [0.2, 0.25) is 0 Å². The largest absolute Gasteiger partial charge is 0.455 e. The molecule has 0 saturated carbocycles. The van der Waals surface area contributed by atoms with E-state index in [0.29, 0.717) is 0 Å². The molecule has 2 heteroatoms. The topological polar surface area (TPSA) is 13.1 Å². The van der Waals surface area contributed by atoms with Crippen LogP contribution < -0.4 is 0 Å². The third kappa shape index (κ3) is 2.68. The van der Waals surface area contributed by atoms with E-state index in [1.54, 1.807) is 0 Å². The van der Waals surface area contributed by atoms with E-state index in [-0.39, 0.29) is 0 Å². The maximum Gasteiger partial charge on any atom is 0.143 e. The highest BCUT2D eigenvalue weighted by atomic mass is 35.5. The smallest absolute Gasteiger partial charge is 0.143 e. The van der Waals surface area contributed by atoms with Crippen LogP contribution in [-0.2, 0) is 5.41 Å². The zero-order valence-electron chi connectivity index (χ0n) is 21.8. The Morgan fingerprint density at radius 3 is 2.15 bits per heavy atom. The lowest BCUT2D eigenvalue weighted by Gasteiger charge is -2.31. The molecule has 1 unspecified atom stereocenters. The maximum atomic E-state index is 6.80. The predicted molar refractivity (Wildman–Crippen MR) is 165 cm³/mol.